The fourth-order valence-electron chi connectivity index (χ4n) is 1.03. The van der Waals surface area contributed by atoms with Crippen LogP contribution < -0.4 is 5.73 Å². The second-order valence-electron chi connectivity index (χ2n) is 2.97. The maximum atomic E-state index is 13.0. The Morgan fingerprint density at radius 3 is 2.77 bits per heavy atom. The molecule has 1 nitrogen and oxygen atoms in total. The molecule has 0 aromatic heterocycles. The van der Waals surface area contributed by atoms with E-state index in [0.29, 0.717) is 5.56 Å². The highest BCUT2D eigenvalue weighted by Crippen LogP contribution is 2.27. The summed E-state index contributed by atoms with van der Waals surface area (Å²) in [7, 11) is 0. The van der Waals surface area contributed by atoms with Crippen molar-refractivity contribution in [2.24, 2.45) is 5.73 Å². The molecule has 0 heterocycles. The van der Waals surface area contributed by atoms with Gasteiger partial charge in [-0.05, 0) is 18.6 Å². The molecule has 0 saturated heterocycles. The summed E-state index contributed by atoms with van der Waals surface area (Å²) in [5, 5.41) is 0.0815. The predicted molar refractivity (Wildman–Crippen MR) is 53.2 cm³/mol. The summed E-state index contributed by atoms with van der Waals surface area (Å²) in [5.41, 5.74) is 7.09. The van der Waals surface area contributed by atoms with E-state index in [0.717, 1.165) is 5.57 Å². The number of rotatable bonds is 2. The zero-order valence-corrected chi connectivity index (χ0v) is 8.11. The van der Waals surface area contributed by atoms with Gasteiger partial charge < -0.3 is 5.73 Å². The van der Waals surface area contributed by atoms with Crippen molar-refractivity contribution in [3.8, 4) is 0 Å². The molecule has 1 atom stereocenters. The van der Waals surface area contributed by atoms with Crippen LogP contribution in [0.25, 0.3) is 0 Å². The molecule has 3 heteroatoms. The van der Waals surface area contributed by atoms with E-state index < -0.39 is 11.9 Å². The molecule has 0 fully saturated rings. The Hall–Kier alpha value is -0.860. The molecule has 13 heavy (non-hydrogen) atoms. The highest BCUT2D eigenvalue weighted by Gasteiger charge is 2.12. The van der Waals surface area contributed by atoms with Gasteiger partial charge in [-0.15, -0.1) is 0 Å². The molecule has 0 saturated carbocycles. The van der Waals surface area contributed by atoms with Gasteiger partial charge in [-0.1, -0.05) is 35.9 Å². The second kappa shape index (κ2) is 3.90. The van der Waals surface area contributed by atoms with Crippen molar-refractivity contribution in [3.63, 3.8) is 0 Å². The molecular weight excluding hydrogens is 189 g/mol. The van der Waals surface area contributed by atoms with Crippen molar-refractivity contribution in [2.45, 2.75) is 13.0 Å². The standard InChI is InChI=1S/C10H11ClFN/c1-6(2)10(13)7-4-3-5-8(12)9(7)11/h3-5,10H,1,13H2,2H3. The van der Waals surface area contributed by atoms with Gasteiger partial charge in [0.25, 0.3) is 0 Å². The average molecular weight is 200 g/mol. The van der Waals surface area contributed by atoms with E-state index in [4.69, 9.17) is 17.3 Å². The van der Waals surface area contributed by atoms with Gasteiger partial charge in [-0.2, -0.15) is 0 Å². The van der Waals surface area contributed by atoms with E-state index in [1.807, 2.05) is 0 Å². The van der Waals surface area contributed by atoms with Crippen LogP contribution in [0.2, 0.25) is 5.02 Å². The molecule has 0 amide bonds. The topological polar surface area (TPSA) is 26.0 Å². The van der Waals surface area contributed by atoms with Crippen LogP contribution in [0, 0.1) is 5.82 Å². The van der Waals surface area contributed by atoms with Crippen LogP contribution in [0.4, 0.5) is 4.39 Å². The van der Waals surface area contributed by atoms with Gasteiger partial charge in [0.2, 0.25) is 0 Å². The highest BCUT2D eigenvalue weighted by atomic mass is 35.5. The zero-order chi connectivity index (χ0) is 10.0. The van der Waals surface area contributed by atoms with Crippen molar-refractivity contribution in [3.05, 3.63) is 46.8 Å². The summed E-state index contributed by atoms with van der Waals surface area (Å²) in [6, 6.07) is 4.18. The minimum atomic E-state index is -0.448. The summed E-state index contributed by atoms with van der Waals surface area (Å²) in [5.74, 6) is -0.448. The maximum Gasteiger partial charge on any atom is 0.142 e. The summed E-state index contributed by atoms with van der Waals surface area (Å²) >= 11 is 5.74. The van der Waals surface area contributed by atoms with Gasteiger partial charge in [-0.25, -0.2) is 4.39 Å². The van der Waals surface area contributed by atoms with E-state index in [-0.39, 0.29) is 5.02 Å². The SMILES string of the molecule is C=C(C)C(N)c1cccc(F)c1Cl. The Labute approximate surface area is 82.0 Å². The molecular formula is C10H11ClFN. The Kier molecular flexibility index (Phi) is 3.07. The van der Waals surface area contributed by atoms with Gasteiger partial charge in [0.15, 0.2) is 0 Å². The lowest BCUT2D eigenvalue weighted by molar-refractivity contribution is 0.624. The predicted octanol–water partition coefficient (Wildman–Crippen LogP) is 3.06. The third kappa shape index (κ3) is 2.08. The highest BCUT2D eigenvalue weighted by molar-refractivity contribution is 6.31. The second-order valence-corrected chi connectivity index (χ2v) is 3.35. The van der Waals surface area contributed by atoms with Crippen molar-refractivity contribution in [2.75, 3.05) is 0 Å². The maximum absolute atomic E-state index is 13.0. The average Bonchev–Trinajstić information content (AvgIpc) is 2.08. The van der Waals surface area contributed by atoms with Crippen LogP contribution in [-0.4, -0.2) is 0 Å². The number of hydrogen-bond acceptors (Lipinski definition) is 1. The normalized spacial score (nSPS) is 12.6. The molecule has 1 aromatic carbocycles. The molecule has 70 valence electrons. The van der Waals surface area contributed by atoms with Crippen molar-refractivity contribution < 1.29 is 4.39 Å². The third-order valence-corrected chi connectivity index (χ3v) is 2.25. The lowest BCUT2D eigenvalue weighted by Gasteiger charge is -2.13. The fraction of sp³-hybridized carbons (Fsp3) is 0.200. The summed E-state index contributed by atoms with van der Waals surface area (Å²) in [4.78, 5) is 0. The Bertz CT molecular complexity index is 336. The summed E-state index contributed by atoms with van der Waals surface area (Å²) in [6.45, 7) is 5.48. The van der Waals surface area contributed by atoms with E-state index in [9.17, 15) is 4.39 Å². The molecule has 0 aliphatic heterocycles. The first kappa shape index (κ1) is 10.2. The largest absolute Gasteiger partial charge is 0.321 e. The Morgan fingerprint density at radius 1 is 1.62 bits per heavy atom. The Morgan fingerprint density at radius 2 is 2.23 bits per heavy atom. The van der Waals surface area contributed by atoms with Crippen LogP contribution >= 0.6 is 11.6 Å². The minimum absolute atomic E-state index is 0.0815. The van der Waals surface area contributed by atoms with E-state index in [2.05, 4.69) is 6.58 Å². The number of halogens is 2. The molecule has 0 spiro atoms. The summed E-state index contributed by atoms with van der Waals surface area (Å²) in [6.07, 6.45) is 0. The Balaban J connectivity index is 3.15. The van der Waals surface area contributed by atoms with Gasteiger partial charge in [0, 0.05) is 0 Å². The summed E-state index contributed by atoms with van der Waals surface area (Å²) < 4.78 is 13.0. The first-order valence-corrected chi connectivity index (χ1v) is 4.26. The van der Waals surface area contributed by atoms with Crippen molar-refractivity contribution in [1.82, 2.24) is 0 Å². The molecule has 2 N–H and O–H groups in total. The number of hydrogen-bond donors (Lipinski definition) is 1. The first-order chi connectivity index (χ1) is 6.04. The van der Waals surface area contributed by atoms with Crippen molar-refractivity contribution >= 4 is 11.6 Å². The minimum Gasteiger partial charge on any atom is -0.321 e. The van der Waals surface area contributed by atoms with Gasteiger partial charge in [0.1, 0.15) is 5.82 Å². The molecule has 0 aliphatic rings. The smallest absolute Gasteiger partial charge is 0.142 e. The van der Waals surface area contributed by atoms with E-state index in [1.165, 1.54) is 6.07 Å². The molecule has 0 radical (unpaired) electrons. The molecule has 0 aliphatic carbocycles. The first-order valence-electron chi connectivity index (χ1n) is 3.89. The monoisotopic (exact) mass is 199 g/mol. The van der Waals surface area contributed by atoms with Crippen LogP contribution in [0.5, 0.6) is 0 Å². The quantitative estimate of drug-likeness (QED) is 0.728. The van der Waals surface area contributed by atoms with Gasteiger partial charge in [-0.3, -0.25) is 0 Å². The van der Waals surface area contributed by atoms with Crippen molar-refractivity contribution in [1.29, 1.82) is 0 Å². The lowest BCUT2D eigenvalue weighted by atomic mass is 10.0. The lowest BCUT2D eigenvalue weighted by Crippen LogP contribution is -2.11. The molecule has 0 bridgehead atoms. The van der Waals surface area contributed by atoms with Gasteiger partial charge >= 0.3 is 0 Å². The van der Waals surface area contributed by atoms with Gasteiger partial charge in [0.05, 0.1) is 11.1 Å². The number of benzene rings is 1. The zero-order valence-electron chi connectivity index (χ0n) is 7.35. The van der Waals surface area contributed by atoms with E-state index >= 15 is 0 Å². The van der Waals surface area contributed by atoms with E-state index in [1.54, 1.807) is 19.1 Å². The van der Waals surface area contributed by atoms with Crippen LogP contribution in [-0.2, 0) is 0 Å². The molecule has 1 rings (SSSR count). The number of nitrogens with two attached hydrogens (primary N) is 1. The van der Waals surface area contributed by atoms with Crippen LogP contribution in [0.3, 0.4) is 0 Å². The van der Waals surface area contributed by atoms with Crippen LogP contribution in [0.15, 0.2) is 30.4 Å². The molecule has 1 unspecified atom stereocenters. The molecule has 1 aromatic rings. The fourth-order valence-corrected chi connectivity index (χ4v) is 1.27. The third-order valence-electron chi connectivity index (χ3n) is 1.85. The van der Waals surface area contributed by atoms with Crippen LogP contribution in [0.1, 0.15) is 18.5 Å².